The first-order valence-electron chi connectivity index (χ1n) is 9.84. The van der Waals surface area contributed by atoms with Gasteiger partial charge in [0.2, 0.25) is 0 Å². The van der Waals surface area contributed by atoms with E-state index in [0.29, 0.717) is 19.8 Å². The van der Waals surface area contributed by atoms with E-state index in [1.807, 2.05) is 48.7 Å². The lowest BCUT2D eigenvalue weighted by Crippen LogP contribution is -2.44. The number of nitrogens with zero attached hydrogens (tertiary/aromatic N) is 1. The molecule has 1 fully saturated rings. The number of hydrogen-bond donors (Lipinski definition) is 1. The highest BCUT2D eigenvalue weighted by atomic mass is 35.5. The monoisotopic (exact) mass is 412 g/mol. The summed E-state index contributed by atoms with van der Waals surface area (Å²) >= 11 is 6.21. The Kier molecular flexibility index (Phi) is 6.62. The summed E-state index contributed by atoms with van der Waals surface area (Å²) in [4.78, 5) is 4.44. The van der Waals surface area contributed by atoms with Crippen LogP contribution in [0.25, 0.3) is 10.9 Å². The second kappa shape index (κ2) is 9.55. The molecule has 0 unspecified atom stereocenters. The van der Waals surface area contributed by atoms with Crippen molar-refractivity contribution in [1.29, 1.82) is 0 Å². The minimum absolute atomic E-state index is 0.161. The molecule has 1 aromatic heterocycles. The van der Waals surface area contributed by atoms with E-state index in [1.54, 1.807) is 7.11 Å². The van der Waals surface area contributed by atoms with Gasteiger partial charge in [-0.05, 0) is 47.9 Å². The molecule has 152 valence electrons. The Balaban J connectivity index is 1.28. The number of aromatic nitrogens is 1. The number of fused-ring (bicyclic) bond motifs is 1. The molecule has 0 atom stereocenters. The summed E-state index contributed by atoms with van der Waals surface area (Å²) in [6, 6.07) is 16.0. The topological polar surface area (TPSA) is 52.6 Å². The fourth-order valence-corrected chi connectivity index (χ4v) is 3.73. The van der Waals surface area contributed by atoms with Crippen LogP contribution in [0.1, 0.15) is 17.5 Å². The van der Waals surface area contributed by atoms with Gasteiger partial charge in [-0.25, -0.2) is 0 Å². The molecule has 1 aliphatic rings. The van der Waals surface area contributed by atoms with E-state index in [4.69, 9.17) is 25.8 Å². The Morgan fingerprint density at radius 3 is 2.72 bits per heavy atom. The minimum Gasteiger partial charge on any atom is -0.497 e. The average Bonchev–Trinajstić information content (AvgIpc) is 2.77. The molecule has 1 aliphatic heterocycles. The fraction of sp³-hybridized carbons (Fsp3) is 0.348. The Labute approximate surface area is 175 Å². The lowest BCUT2D eigenvalue weighted by atomic mass is 10.0. The largest absolute Gasteiger partial charge is 0.497 e. The van der Waals surface area contributed by atoms with Crippen molar-refractivity contribution in [3.63, 3.8) is 0 Å². The van der Waals surface area contributed by atoms with Crippen molar-refractivity contribution in [2.24, 2.45) is 0 Å². The van der Waals surface area contributed by atoms with Crippen LogP contribution in [0.3, 0.4) is 0 Å². The fourth-order valence-electron chi connectivity index (χ4n) is 3.52. The first-order valence-corrected chi connectivity index (χ1v) is 10.2. The first kappa shape index (κ1) is 20.1. The molecule has 3 aromatic rings. The molecule has 4 rings (SSSR count). The van der Waals surface area contributed by atoms with E-state index in [-0.39, 0.29) is 12.3 Å². The first-order chi connectivity index (χ1) is 14.2. The van der Waals surface area contributed by atoms with Gasteiger partial charge in [0, 0.05) is 29.6 Å². The minimum atomic E-state index is -0.192. The van der Waals surface area contributed by atoms with Crippen molar-refractivity contribution in [1.82, 2.24) is 10.3 Å². The van der Waals surface area contributed by atoms with E-state index < -0.39 is 0 Å². The Bertz CT molecular complexity index is 958. The number of benzene rings is 2. The van der Waals surface area contributed by atoms with E-state index in [1.165, 1.54) is 5.56 Å². The summed E-state index contributed by atoms with van der Waals surface area (Å²) in [6.45, 7) is 1.95. The highest BCUT2D eigenvalue weighted by Gasteiger charge is 2.22. The summed E-state index contributed by atoms with van der Waals surface area (Å²) in [5, 5.41) is 5.34. The number of rotatable bonds is 7. The molecule has 1 N–H and O–H groups in total. The van der Waals surface area contributed by atoms with Crippen molar-refractivity contribution < 1.29 is 14.2 Å². The maximum absolute atomic E-state index is 6.21. The summed E-state index contributed by atoms with van der Waals surface area (Å²) in [5.41, 5.74) is 3.27. The number of hydrogen-bond acceptors (Lipinski definition) is 5. The quantitative estimate of drug-likeness (QED) is 0.624. The molecule has 5 nitrogen and oxygen atoms in total. The molecule has 29 heavy (non-hydrogen) atoms. The molecular weight excluding hydrogens is 388 g/mol. The standard InChI is InChI=1S/C23H25ClN2O3/c1-27-19-7-8-22-20(12-19)16(10-11-25-22)6-9-23-28-14-18(15-29-23)26-13-17-4-2-3-5-21(17)24/h2-5,7-8,10-12,18,23,26H,6,9,13-15H2,1H3. The van der Waals surface area contributed by atoms with Crippen LogP contribution in [0.2, 0.25) is 5.02 Å². The van der Waals surface area contributed by atoms with Crippen molar-refractivity contribution in [3.05, 3.63) is 70.9 Å². The van der Waals surface area contributed by atoms with E-state index in [2.05, 4.69) is 16.4 Å². The Morgan fingerprint density at radius 1 is 1.10 bits per heavy atom. The third-order valence-corrected chi connectivity index (χ3v) is 5.56. The predicted octanol–water partition coefficient (Wildman–Crippen LogP) is 4.36. The van der Waals surface area contributed by atoms with Gasteiger partial charge in [-0.15, -0.1) is 0 Å². The summed E-state index contributed by atoms with van der Waals surface area (Å²) in [7, 11) is 1.68. The molecule has 0 aliphatic carbocycles. The third-order valence-electron chi connectivity index (χ3n) is 5.19. The number of aryl methyl sites for hydroxylation is 1. The van der Waals surface area contributed by atoms with Crippen LogP contribution in [0, 0.1) is 0 Å². The number of methoxy groups -OCH3 is 1. The van der Waals surface area contributed by atoms with Crippen molar-refractivity contribution in [3.8, 4) is 5.75 Å². The van der Waals surface area contributed by atoms with Gasteiger partial charge in [-0.2, -0.15) is 0 Å². The highest BCUT2D eigenvalue weighted by molar-refractivity contribution is 6.31. The van der Waals surface area contributed by atoms with Crippen molar-refractivity contribution in [2.75, 3.05) is 20.3 Å². The normalized spacial score (nSPS) is 19.4. The molecule has 2 heterocycles. The smallest absolute Gasteiger partial charge is 0.158 e. The van der Waals surface area contributed by atoms with Gasteiger partial charge in [0.25, 0.3) is 0 Å². The molecule has 0 spiro atoms. The van der Waals surface area contributed by atoms with Gasteiger partial charge in [0.15, 0.2) is 6.29 Å². The molecule has 0 bridgehead atoms. The molecule has 0 saturated carbocycles. The number of ether oxygens (including phenoxy) is 3. The summed E-state index contributed by atoms with van der Waals surface area (Å²) in [6.07, 6.45) is 3.31. The second-order valence-corrected chi connectivity index (χ2v) is 7.56. The molecule has 1 saturated heterocycles. The molecule has 6 heteroatoms. The zero-order chi connectivity index (χ0) is 20.1. The van der Waals surface area contributed by atoms with Crippen LogP contribution in [0.15, 0.2) is 54.7 Å². The Morgan fingerprint density at radius 2 is 1.93 bits per heavy atom. The predicted molar refractivity (Wildman–Crippen MR) is 114 cm³/mol. The van der Waals surface area contributed by atoms with E-state index in [9.17, 15) is 0 Å². The lowest BCUT2D eigenvalue weighted by Gasteiger charge is -2.30. The summed E-state index contributed by atoms with van der Waals surface area (Å²) in [5.74, 6) is 0.837. The number of halogens is 1. The maximum atomic E-state index is 6.21. The molecule has 2 aromatic carbocycles. The number of pyridine rings is 1. The van der Waals surface area contributed by atoms with E-state index >= 15 is 0 Å². The van der Waals surface area contributed by atoms with Crippen LogP contribution in [0.4, 0.5) is 0 Å². The van der Waals surface area contributed by atoms with Crippen LogP contribution in [0.5, 0.6) is 5.75 Å². The molecular formula is C23H25ClN2O3. The summed E-state index contributed by atoms with van der Waals surface area (Å²) < 4.78 is 17.2. The average molecular weight is 413 g/mol. The highest BCUT2D eigenvalue weighted by Crippen LogP contribution is 2.24. The van der Waals surface area contributed by atoms with Gasteiger partial charge in [-0.1, -0.05) is 29.8 Å². The molecule has 0 radical (unpaired) electrons. The second-order valence-electron chi connectivity index (χ2n) is 7.16. The molecule has 0 amide bonds. The van der Waals surface area contributed by atoms with Crippen molar-refractivity contribution >= 4 is 22.5 Å². The van der Waals surface area contributed by atoms with Gasteiger partial charge in [-0.3, -0.25) is 4.98 Å². The van der Waals surface area contributed by atoms with Crippen LogP contribution in [-0.2, 0) is 22.4 Å². The van der Waals surface area contributed by atoms with E-state index in [0.717, 1.165) is 40.1 Å². The SMILES string of the molecule is COc1ccc2nccc(CCC3OCC(NCc4ccccc4Cl)CO3)c2c1. The van der Waals surface area contributed by atoms with Crippen molar-refractivity contribution in [2.45, 2.75) is 31.7 Å². The van der Waals surface area contributed by atoms with Crippen LogP contribution in [-0.4, -0.2) is 37.6 Å². The van der Waals surface area contributed by atoms with Crippen LogP contribution < -0.4 is 10.1 Å². The maximum Gasteiger partial charge on any atom is 0.158 e. The third kappa shape index (κ3) is 5.06. The van der Waals surface area contributed by atoms with Gasteiger partial charge in [0.05, 0.1) is 31.9 Å². The lowest BCUT2D eigenvalue weighted by molar-refractivity contribution is -0.192. The number of nitrogens with one attached hydrogen (secondary N) is 1. The zero-order valence-electron chi connectivity index (χ0n) is 16.4. The van der Waals surface area contributed by atoms with Gasteiger partial charge < -0.3 is 19.5 Å². The van der Waals surface area contributed by atoms with Crippen LogP contribution >= 0.6 is 11.6 Å². The van der Waals surface area contributed by atoms with Gasteiger partial charge >= 0.3 is 0 Å². The zero-order valence-corrected chi connectivity index (χ0v) is 17.2. The Hall–Kier alpha value is -2.18. The van der Waals surface area contributed by atoms with Gasteiger partial charge in [0.1, 0.15) is 5.75 Å².